The van der Waals surface area contributed by atoms with Crippen LogP contribution in [0.3, 0.4) is 0 Å². The molecule has 0 saturated carbocycles. The molecule has 4 nitrogen and oxygen atoms in total. The molecule has 96 valence electrons. The molecule has 0 aliphatic heterocycles. The quantitative estimate of drug-likeness (QED) is 0.744. The van der Waals surface area contributed by atoms with E-state index in [1.54, 1.807) is 13.3 Å². The Labute approximate surface area is 119 Å². The van der Waals surface area contributed by atoms with Crippen molar-refractivity contribution >= 4 is 26.8 Å². The molecule has 0 spiro atoms. The number of nitrogens with zero attached hydrogens (tertiary/aromatic N) is 3. The van der Waals surface area contributed by atoms with E-state index in [2.05, 4.69) is 26.0 Å². The minimum Gasteiger partial charge on any atom is -0.497 e. The van der Waals surface area contributed by atoms with Gasteiger partial charge in [0.05, 0.1) is 29.8 Å². The molecule has 2 aromatic heterocycles. The molecule has 19 heavy (non-hydrogen) atoms. The second-order valence-corrected chi connectivity index (χ2v) is 5.06. The zero-order valence-electron chi connectivity index (χ0n) is 10.4. The lowest BCUT2D eigenvalue weighted by Crippen LogP contribution is -2.01. The van der Waals surface area contributed by atoms with Crippen molar-refractivity contribution in [3.8, 4) is 5.75 Å². The summed E-state index contributed by atoms with van der Waals surface area (Å²) in [6.45, 7) is 0.718. The lowest BCUT2D eigenvalue weighted by Gasteiger charge is -2.06. The summed E-state index contributed by atoms with van der Waals surface area (Å²) in [7, 11) is 1.67. The Hall–Kier alpha value is -1.88. The van der Waals surface area contributed by atoms with Gasteiger partial charge in [-0.1, -0.05) is 12.1 Å². The summed E-state index contributed by atoms with van der Waals surface area (Å²) in [6.07, 6.45) is 5.43. The van der Waals surface area contributed by atoms with Crippen molar-refractivity contribution in [3.05, 3.63) is 52.9 Å². The number of benzene rings is 1. The zero-order valence-corrected chi connectivity index (χ0v) is 12.0. The monoisotopic (exact) mass is 317 g/mol. The normalized spacial score (nSPS) is 10.8. The van der Waals surface area contributed by atoms with Crippen LogP contribution in [0.4, 0.5) is 0 Å². The molecule has 0 saturated heterocycles. The Morgan fingerprint density at radius 2 is 1.95 bits per heavy atom. The third kappa shape index (κ3) is 2.33. The van der Waals surface area contributed by atoms with Crippen molar-refractivity contribution in [1.82, 2.24) is 14.8 Å². The molecule has 0 atom stereocenters. The predicted molar refractivity (Wildman–Crippen MR) is 77.3 cm³/mol. The van der Waals surface area contributed by atoms with Gasteiger partial charge in [0.25, 0.3) is 0 Å². The third-order valence-corrected chi connectivity index (χ3v) is 3.57. The van der Waals surface area contributed by atoms with E-state index in [9.17, 15) is 0 Å². The van der Waals surface area contributed by atoms with Gasteiger partial charge in [-0.2, -0.15) is 5.10 Å². The summed E-state index contributed by atoms with van der Waals surface area (Å²) >= 11 is 3.52. The van der Waals surface area contributed by atoms with E-state index in [4.69, 9.17) is 4.74 Å². The molecule has 0 radical (unpaired) electrons. The molecule has 3 aromatic rings. The van der Waals surface area contributed by atoms with Crippen LogP contribution in [0.15, 0.2) is 47.3 Å². The Balaban J connectivity index is 1.96. The van der Waals surface area contributed by atoms with E-state index in [1.165, 1.54) is 5.56 Å². The van der Waals surface area contributed by atoms with Gasteiger partial charge in [-0.25, -0.2) is 0 Å². The predicted octanol–water partition coefficient (Wildman–Crippen LogP) is 3.25. The number of pyridine rings is 1. The number of hydrogen-bond donors (Lipinski definition) is 0. The minimum atomic E-state index is 0.718. The summed E-state index contributed by atoms with van der Waals surface area (Å²) < 4.78 is 8.07. The minimum absolute atomic E-state index is 0.718. The average molecular weight is 318 g/mol. The maximum atomic E-state index is 5.16. The Kier molecular flexibility index (Phi) is 3.21. The number of fused-ring (bicyclic) bond motifs is 1. The number of aromatic nitrogens is 3. The fraction of sp³-hybridized carbons (Fsp3) is 0.143. The molecular formula is C14H12BrN3O. The van der Waals surface area contributed by atoms with Crippen LogP contribution >= 0.6 is 15.9 Å². The number of rotatable bonds is 3. The van der Waals surface area contributed by atoms with E-state index in [0.29, 0.717) is 0 Å². The van der Waals surface area contributed by atoms with Crippen LogP contribution in [0.5, 0.6) is 5.75 Å². The lowest BCUT2D eigenvalue weighted by molar-refractivity contribution is 0.414. The van der Waals surface area contributed by atoms with E-state index < -0.39 is 0 Å². The van der Waals surface area contributed by atoms with Crippen LogP contribution in [0, 0.1) is 0 Å². The van der Waals surface area contributed by atoms with Crippen molar-refractivity contribution < 1.29 is 4.74 Å². The first-order chi connectivity index (χ1) is 9.28. The lowest BCUT2D eigenvalue weighted by atomic mass is 10.2. The van der Waals surface area contributed by atoms with Crippen LogP contribution in [0.1, 0.15) is 5.56 Å². The Morgan fingerprint density at radius 1 is 1.16 bits per heavy atom. The highest BCUT2D eigenvalue weighted by Crippen LogP contribution is 2.23. The molecule has 0 unspecified atom stereocenters. The maximum Gasteiger partial charge on any atom is 0.118 e. The van der Waals surface area contributed by atoms with Gasteiger partial charge < -0.3 is 4.74 Å². The van der Waals surface area contributed by atoms with E-state index in [1.807, 2.05) is 41.3 Å². The molecule has 2 heterocycles. The van der Waals surface area contributed by atoms with E-state index in [-0.39, 0.29) is 0 Å². The van der Waals surface area contributed by atoms with Crippen molar-refractivity contribution in [3.63, 3.8) is 0 Å². The fourth-order valence-electron chi connectivity index (χ4n) is 2.02. The molecular weight excluding hydrogens is 306 g/mol. The van der Waals surface area contributed by atoms with Gasteiger partial charge in [0, 0.05) is 17.8 Å². The fourth-order valence-corrected chi connectivity index (χ4v) is 2.58. The molecule has 0 aliphatic carbocycles. The summed E-state index contributed by atoms with van der Waals surface area (Å²) in [6, 6.07) is 8.00. The SMILES string of the molecule is COc1ccc(Cn2ncc3cncc(Br)c32)cc1. The zero-order chi connectivity index (χ0) is 13.2. The van der Waals surface area contributed by atoms with Gasteiger partial charge in [0.2, 0.25) is 0 Å². The second kappa shape index (κ2) is 5.01. The first-order valence-electron chi connectivity index (χ1n) is 5.86. The van der Waals surface area contributed by atoms with Gasteiger partial charge in [-0.15, -0.1) is 0 Å². The molecule has 0 bridgehead atoms. The topological polar surface area (TPSA) is 39.9 Å². The van der Waals surface area contributed by atoms with Crippen molar-refractivity contribution in [2.24, 2.45) is 0 Å². The van der Waals surface area contributed by atoms with Crippen LogP contribution in [-0.4, -0.2) is 21.9 Å². The Bertz CT molecular complexity index is 706. The first-order valence-corrected chi connectivity index (χ1v) is 6.65. The number of hydrogen-bond acceptors (Lipinski definition) is 3. The third-order valence-electron chi connectivity index (χ3n) is 2.99. The van der Waals surface area contributed by atoms with Crippen molar-refractivity contribution in [2.75, 3.05) is 7.11 Å². The molecule has 5 heteroatoms. The standard InChI is InChI=1S/C14H12BrN3O/c1-19-12-4-2-10(3-5-12)9-18-14-11(7-17-18)6-16-8-13(14)15/h2-8H,9H2,1H3. The molecule has 3 rings (SSSR count). The number of halogens is 1. The highest BCUT2D eigenvalue weighted by molar-refractivity contribution is 9.10. The number of methoxy groups -OCH3 is 1. The summed E-state index contributed by atoms with van der Waals surface area (Å²) in [4.78, 5) is 4.14. The second-order valence-electron chi connectivity index (χ2n) is 4.21. The average Bonchev–Trinajstić information content (AvgIpc) is 2.84. The van der Waals surface area contributed by atoms with E-state index >= 15 is 0 Å². The first kappa shape index (κ1) is 12.2. The summed E-state index contributed by atoms with van der Waals surface area (Å²) in [5.41, 5.74) is 2.24. The molecule has 0 aliphatic rings. The molecule has 0 amide bonds. The Morgan fingerprint density at radius 3 is 2.68 bits per heavy atom. The maximum absolute atomic E-state index is 5.16. The largest absolute Gasteiger partial charge is 0.497 e. The van der Waals surface area contributed by atoms with Crippen LogP contribution < -0.4 is 4.74 Å². The number of ether oxygens (including phenoxy) is 1. The molecule has 1 aromatic carbocycles. The van der Waals surface area contributed by atoms with Crippen molar-refractivity contribution in [2.45, 2.75) is 6.54 Å². The smallest absolute Gasteiger partial charge is 0.118 e. The van der Waals surface area contributed by atoms with Gasteiger partial charge in [0.1, 0.15) is 5.75 Å². The van der Waals surface area contributed by atoms with Gasteiger partial charge in [-0.3, -0.25) is 9.67 Å². The summed E-state index contributed by atoms with van der Waals surface area (Å²) in [5.74, 6) is 0.861. The van der Waals surface area contributed by atoms with E-state index in [0.717, 1.165) is 27.7 Å². The summed E-state index contributed by atoms with van der Waals surface area (Å²) in [5, 5.41) is 5.44. The highest BCUT2D eigenvalue weighted by atomic mass is 79.9. The van der Waals surface area contributed by atoms with Crippen molar-refractivity contribution in [1.29, 1.82) is 0 Å². The molecule has 0 fully saturated rings. The van der Waals surface area contributed by atoms with Crippen LogP contribution in [0.25, 0.3) is 10.9 Å². The molecule has 0 N–H and O–H groups in total. The highest BCUT2D eigenvalue weighted by Gasteiger charge is 2.07. The van der Waals surface area contributed by atoms with Gasteiger partial charge in [-0.05, 0) is 33.6 Å². The van der Waals surface area contributed by atoms with Gasteiger partial charge in [0.15, 0.2) is 0 Å². The van der Waals surface area contributed by atoms with Crippen LogP contribution in [-0.2, 0) is 6.54 Å². The van der Waals surface area contributed by atoms with Gasteiger partial charge >= 0.3 is 0 Å². The van der Waals surface area contributed by atoms with Crippen LogP contribution in [0.2, 0.25) is 0 Å².